The van der Waals surface area contributed by atoms with Gasteiger partial charge in [-0.25, -0.2) is 0 Å². The van der Waals surface area contributed by atoms with E-state index in [2.05, 4.69) is 57.1 Å². The lowest BCUT2D eigenvalue weighted by molar-refractivity contribution is -0.127. The fraction of sp³-hybridized carbons (Fsp3) is 0.424. The highest BCUT2D eigenvalue weighted by Gasteiger charge is 2.23. The smallest absolute Gasteiger partial charge is 0.257 e. The average molecular weight is 529 g/mol. The SMILES string of the molecule is C/C=C\N(CC(C)(C)C)C(=O)c1ccc(-c2ccc3c(c2)NC(=NC)CC(C(=O)N(CCC)CCC)=C3)cc1. The van der Waals surface area contributed by atoms with Crippen LogP contribution in [0.4, 0.5) is 5.69 Å². The van der Waals surface area contributed by atoms with E-state index in [1.165, 1.54) is 0 Å². The summed E-state index contributed by atoms with van der Waals surface area (Å²) in [6, 6.07) is 14.0. The molecule has 39 heavy (non-hydrogen) atoms. The Balaban J connectivity index is 1.90. The molecule has 1 N–H and O–H groups in total. The summed E-state index contributed by atoms with van der Waals surface area (Å²) >= 11 is 0. The van der Waals surface area contributed by atoms with E-state index in [4.69, 9.17) is 0 Å². The molecule has 6 heteroatoms. The van der Waals surface area contributed by atoms with E-state index in [-0.39, 0.29) is 17.2 Å². The Hall–Kier alpha value is -3.67. The van der Waals surface area contributed by atoms with Crippen LogP contribution in [0.3, 0.4) is 0 Å². The normalized spacial score (nSPS) is 14.4. The summed E-state index contributed by atoms with van der Waals surface area (Å²) < 4.78 is 0. The topological polar surface area (TPSA) is 65.0 Å². The van der Waals surface area contributed by atoms with E-state index in [0.29, 0.717) is 18.5 Å². The molecule has 1 heterocycles. The molecule has 2 aromatic carbocycles. The predicted molar refractivity (Wildman–Crippen MR) is 164 cm³/mol. The molecule has 0 radical (unpaired) electrons. The number of benzene rings is 2. The first kappa shape index (κ1) is 29.9. The van der Waals surface area contributed by atoms with Crippen molar-refractivity contribution in [1.29, 1.82) is 0 Å². The number of hydrogen-bond acceptors (Lipinski definition) is 3. The predicted octanol–water partition coefficient (Wildman–Crippen LogP) is 7.25. The lowest BCUT2D eigenvalue weighted by Crippen LogP contribution is -2.34. The zero-order chi connectivity index (χ0) is 28.6. The quantitative estimate of drug-likeness (QED) is 0.373. The van der Waals surface area contributed by atoms with Gasteiger partial charge in [0.25, 0.3) is 5.91 Å². The van der Waals surface area contributed by atoms with Crippen LogP contribution in [0, 0.1) is 5.41 Å². The monoisotopic (exact) mass is 528 g/mol. The highest BCUT2D eigenvalue weighted by atomic mass is 16.2. The number of allylic oxidation sites excluding steroid dienone is 1. The van der Waals surface area contributed by atoms with Crippen molar-refractivity contribution in [3.63, 3.8) is 0 Å². The van der Waals surface area contributed by atoms with Gasteiger partial charge in [0.1, 0.15) is 5.84 Å². The third kappa shape index (κ3) is 7.92. The number of nitrogens with one attached hydrogen (secondary N) is 1. The zero-order valence-electron chi connectivity index (χ0n) is 24.7. The van der Waals surface area contributed by atoms with Crippen LogP contribution in [0.15, 0.2) is 65.3 Å². The fourth-order valence-electron chi connectivity index (χ4n) is 4.77. The third-order valence-corrected chi connectivity index (χ3v) is 6.54. The van der Waals surface area contributed by atoms with Crippen molar-refractivity contribution in [3.05, 3.63) is 71.4 Å². The highest BCUT2D eigenvalue weighted by Crippen LogP contribution is 2.31. The molecule has 1 aliphatic heterocycles. The molecule has 3 rings (SSSR count). The number of carbonyl (C=O) groups is 2. The maximum absolute atomic E-state index is 13.4. The van der Waals surface area contributed by atoms with Gasteiger partial charge in [-0.2, -0.15) is 0 Å². The van der Waals surface area contributed by atoms with Crippen LogP contribution < -0.4 is 5.32 Å². The summed E-state index contributed by atoms with van der Waals surface area (Å²) in [5, 5.41) is 3.45. The van der Waals surface area contributed by atoms with Gasteiger partial charge in [-0.1, -0.05) is 65.0 Å². The molecule has 0 bridgehead atoms. The number of hydrogen-bond donors (Lipinski definition) is 1. The minimum absolute atomic E-state index is 0.00614. The highest BCUT2D eigenvalue weighted by molar-refractivity contribution is 6.10. The summed E-state index contributed by atoms with van der Waals surface area (Å²) in [7, 11) is 1.75. The summed E-state index contributed by atoms with van der Waals surface area (Å²) in [6.45, 7) is 14.6. The Kier molecular flexibility index (Phi) is 10.3. The molecule has 0 atom stereocenters. The number of carbonyl (C=O) groups excluding carboxylic acids is 2. The Bertz CT molecular complexity index is 1240. The molecule has 208 valence electrons. The first-order valence-electron chi connectivity index (χ1n) is 14.0. The van der Waals surface area contributed by atoms with Crippen molar-refractivity contribution in [1.82, 2.24) is 9.80 Å². The van der Waals surface area contributed by atoms with Gasteiger partial charge in [0.15, 0.2) is 0 Å². The van der Waals surface area contributed by atoms with E-state index in [0.717, 1.165) is 59.7 Å². The maximum Gasteiger partial charge on any atom is 0.257 e. The molecule has 0 aromatic heterocycles. The molecule has 0 saturated carbocycles. The van der Waals surface area contributed by atoms with Crippen LogP contribution in [0.1, 0.15) is 76.7 Å². The van der Waals surface area contributed by atoms with Crippen LogP contribution in [0.5, 0.6) is 0 Å². The Morgan fingerprint density at radius 3 is 2.18 bits per heavy atom. The number of anilines is 1. The van der Waals surface area contributed by atoms with Crippen molar-refractivity contribution in [2.24, 2.45) is 10.4 Å². The van der Waals surface area contributed by atoms with Crippen LogP contribution >= 0.6 is 0 Å². The maximum atomic E-state index is 13.4. The van der Waals surface area contributed by atoms with Gasteiger partial charge in [-0.3, -0.25) is 14.6 Å². The van der Waals surface area contributed by atoms with E-state index in [1.807, 2.05) is 60.5 Å². The summed E-state index contributed by atoms with van der Waals surface area (Å²) in [6.07, 6.45) is 8.07. The van der Waals surface area contributed by atoms with Crippen LogP contribution in [0.2, 0.25) is 0 Å². The largest absolute Gasteiger partial charge is 0.343 e. The Morgan fingerprint density at radius 1 is 0.974 bits per heavy atom. The molecule has 1 aliphatic rings. The first-order valence-corrected chi connectivity index (χ1v) is 14.0. The van der Waals surface area contributed by atoms with E-state index >= 15 is 0 Å². The molecular formula is C33H44N4O2. The van der Waals surface area contributed by atoms with Gasteiger partial charge in [0, 0.05) is 56.1 Å². The molecule has 2 aromatic rings. The van der Waals surface area contributed by atoms with E-state index in [9.17, 15) is 9.59 Å². The van der Waals surface area contributed by atoms with E-state index < -0.39 is 0 Å². The number of amidine groups is 1. The van der Waals surface area contributed by atoms with Crippen LogP contribution in [-0.2, 0) is 4.79 Å². The molecule has 2 amide bonds. The molecule has 0 unspecified atom stereocenters. The Morgan fingerprint density at radius 2 is 1.62 bits per heavy atom. The molecule has 0 saturated heterocycles. The van der Waals surface area contributed by atoms with Gasteiger partial charge in [-0.15, -0.1) is 0 Å². The number of fused-ring (bicyclic) bond motifs is 1. The number of rotatable bonds is 9. The minimum atomic E-state index is -0.00973. The molecule has 0 aliphatic carbocycles. The first-order chi connectivity index (χ1) is 18.6. The second-order valence-electron chi connectivity index (χ2n) is 11.3. The fourth-order valence-corrected chi connectivity index (χ4v) is 4.77. The molecule has 0 spiro atoms. The third-order valence-electron chi connectivity index (χ3n) is 6.54. The molecule has 0 fully saturated rings. The molecular weight excluding hydrogens is 484 g/mol. The second kappa shape index (κ2) is 13.4. The van der Waals surface area contributed by atoms with Crippen molar-refractivity contribution in [3.8, 4) is 11.1 Å². The summed E-state index contributed by atoms with van der Waals surface area (Å²) in [4.78, 5) is 34.7. The lowest BCUT2D eigenvalue weighted by Gasteiger charge is -2.27. The van der Waals surface area contributed by atoms with Gasteiger partial charge in [-0.05, 0) is 66.1 Å². The van der Waals surface area contributed by atoms with Crippen LogP contribution in [0.25, 0.3) is 17.2 Å². The number of aliphatic imine (C=N–C) groups is 1. The zero-order valence-corrected chi connectivity index (χ0v) is 24.7. The minimum Gasteiger partial charge on any atom is -0.343 e. The van der Waals surface area contributed by atoms with Gasteiger partial charge < -0.3 is 15.1 Å². The second-order valence-corrected chi connectivity index (χ2v) is 11.3. The van der Waals surface area contributed by atoms with Crippen molar-refractivity contribution < 1.29 is 9.59 Å². The standard InChI is InChI=1S/C33H44N4O2/c1-8-17-36(18-9-2)32(39)28-20-27-16-15-26(21-29(27)35-30(22-28)34-7)24-11-13-25(14-12-24)31(38)37(19-10-3)23-33(4,5)6/h10-16,19-21H,8-9,17-18,22-23H2,1-7H3,(H,34,35)/b19-10-. The van der Waals surface area contributed by atoms with E-state index in [1.54, 1.807) is 11.9 Å². The summed E-state index contributed by atoms with van der Waals surface area (Å²) in [5.74, 6) is 0.837. The average Bonchev–Trinajstić information content (AvgIpc) is 3.10. The van der Waals surface area contributed by atoms with Crippen LogP contribution in [-0.4, -0.2) is 54.1 Å². The van der Waals surface area contributed by atoms with Crippen molar-refractivity contribution in [2.45, 2.75) is 60.8 Å². The lowest BCUT2D eigenvalue weighted by atomic mass is 9.95. The molecule has 6 nitrogen and oxygen atoms in total. The number of nitrogens with zero attached hydrogens (tertiary/aromatic N) is 3. The van der Waals surface area contributed by atoms with Gasteiger partial charge in [0.2, 0.25) is 5.91 Å². The van der Waals surface area contributed by atoms with Gasteiger partial charge in [0.05, 0.1) is 0 Å². The summed E-state index contributed by atoms with van der Waals surface area (Å²) in [5.41, 5.74) is 5.32. The van der Waals surface area contributed by atoms with Crippen molar-refractivity contribution >= 4 is 29.4 Å². The van der Waals surface area contributed by atoms with Gasteiger partial charge >= 0.3 is 0 Å². The van der Waals surface area contributed by atoms with Crippen molar-refractivity contribution in [2.75, 3.05) is 32.0 Å². The number of amides is 2. The Labute approximate surface area is 234 Å².